The highest BCUT2D eigenvalue weighted by molar-refractivity contribution is 7.13. The molecule has 1 aliphatic rings. The zero-order valence-electron chi connectivity index (χ0n) is 13.9. The van der Waals surface area contributed by atoms with Crippen molar-refractivity contribution in [2.24, 2.45) is 0 Å². The van der Waals surface area contributed by atoms with Gasteiger partial charge in [0.15, 0.2) is 0 Å². The molecule has 2 aromatic heterocycles. The van der Waals surface area contributed by atoms with E-state index in [9.17, 15) is 9.18 Å². The molecule has 8 heteroatoms. The van der Waals surface area contributed by atoms with Crippen LogP contribution in [0.3, 0.4) is 0 Å². The summed E-state index contributed by atoms with van der Waals surface area (Å²) in [7, 11) is 0. The van der Waals surface area contributed by atoms with E-state index in [4.69, 9.17) is 0 Å². The van der Waals surface area contributed by atoms with Crippen LogP contribution in [0.1, 0.15) is 10.5 Å². The molecule has 0 radical (unpaired) electrons. The number of hydrogen-bond acceptors (Lipinski definition) is 6. The number of amides is 1. The first kappa shape index (κ1) is 16.6. The third kappa shape index (κ3) is 3.28. The molecular formula is C18H16FN5OS. The molecule has 0 bridgehead atoms. The van der Waals surface area contributed by atoms with Crippen LogP contribution in [-0.4, -0.2) is 51.9 Å². The number of aromatic nitrogens is 3. The molecule has 0 unspecified atom stereocenters. The van der Waals surface area contributed by atoms with Gasteiger partial charge in [-0.15, -0.1) is 11.3 Å². The first-order valence-electron chi connectivity index (χ1n) is 8.23. The summed E-state index contributed by atoms with van der Waals surface area (Å²) in [4.78, 5) is 29.0. The number of halogens is 1. The predicted molar refractivity (Wildman–Crippen MR) is 97.7 cm³/mol. The van der Waals surface area contributed by atoms with Gasteiger partial charge in [-0.25, -0.2) is 9.37 Å². The molecule has 3 heterocycles. The van der Waals surface area contributed by atoms with Gasteiger partial charge in [0.1, 0.15) is 22.2 Å². The van der Waals surface area contributed by atoms with E-state index in [-0.39, 0.29) is 11.7 Å². The van der Waals surface area contributed by atoms with Crippen molar-refractivity contribution in [3.8, 4) is 10.7 Å². The molecule has 26 heavy (non-hydrogen) atoms. The second kappa shape index (κ2) is 7.17. The number of rotatable bonds is 3. The minimum Gasteiger partial charge on any atom is -0.366 e. The molecule has 0 aliphatic carbocycles. The molecule has 6 nitrogen and oxygen atoms in total. The van der Waals surface area contributed by atoms with Crippen LogP contribution >= 0.6 is 11.3 Å². The van der Waals surface area contributed by atoms with Gasteiger partial charge in [-0.3, -0.25) is 14.8 Å². The Morgan fingerprint density at radius 2 is 1.92 bits per heavy atom. The van der Waals surface area contributed by atoms with Gasteiger partial charge in [0.25, 0.3) is 5.91 Å². The van der Waals surface area contributed by atoms with Crippen molar-refractivity contribution in [1.29, 1.82) is 0 Å². The number of nitrogens with zero attached hydrogens (tertiary/aromatic N) is 5. The van der Waals surface area contributed by atoms with E-state index in [0.717, 1.165) is 0 Å². The Hall–Kier alpha value is -2.87. The van der Waals surface area contributed by atoms with Crippen molar-refractivity contribution in [1.82, 2.24) is 19.9 Å². The monoisotopic (exact) mass is 369 g/mol. The topological polar surface area (TPSA) is 62.2 Å². The largest absolute Gasteiger partial charge is 0.366 e. The fourth-order valence-corrected chi connectivity index (χ4v) is 3.67. The molecule has 1 amide bonds. The standard InChI is InChI=1S/C18H16FN5OS/c19-13-3-1-2-4-16(13)23-7-9-24(10-8-23)18(25)15-12-26-17(22-15)14-11-20-5-6-21-14/h1-6,11-12H,7-10H2. The van der Waals surface area contributed by atoms with Crippen LogP contribution in [0.5, 0.6) is 0 Å². The van der Waals surface area contributed by atoms with Gasteiger partial charge in [-0.05, 0) is 12.1 Å². The van der Waals surface area contributed by atoms with Crippen LogP contribution < -0.4 is 4.90 Å². The van der Waals surface area contributed by atoms with Crippen molar-refractivity contribution in [3.63, 3.8) is 0 Å². The first-order chi connectivity index (χ1) is 12.7. The number of carbonyl (C=O) groups is 1. The van der Waals surface area contributed by atoms with Crippen LogP contribution in [0.4, 0.5) is 10.1 Å². The first-order valence-corrected chi connectivity index (χ1v) is 9.11. The lowest BCUT2D eigenvalue weighted by Gasteiger charge is -2.35. The molecule has 3 aromatic rings. The number of thiazole rings is 1. The van der Waals surface area contributed by atoms with Gasteiger partial charge >= 0.3 is 0 Å². The van der Waals surface area contributed by atoms with E-state index in [1.54, 1.807) is 41.0 Å². The molecule has 0 spiro atoms. The van der Waals surface area contributed by atoms with E-state index in [1.165, 1.54) is 17.4 Å². The molecule has 0 saturated carbocycles. The zero-order valence-corrected chi connectivity index (χ0v) is 14.7. The summed E-state index contributed by atoms with van der Waals surface area (Å²) < 4.78 is 13.9. The summed E-state index contributed by atoms with van der Waals surface area (Å²) in [6.07, 6.45) is 4.82. The molecule has 4 rings (SSSR count). The van der Waals surface area contributed by atoms with E-state index in [1.807, 2.05) is 11.0 Å². The second-order valence-electron chi connectivity index (χ2n) is 5.86. The Morgan fingerprint density at radius 3 is 2.65 bits per heavy atom. The van der Waals surface area contributed by atoms with Crippen LogP contribution in [0.25, 0.3) is 10.7 Å². The number of para-hydroxylation sites is 1. The maximum Gasteiger partial charge on any atom is 0.273 e. The highest BCUT2D eigenvalue weighted by atomic mass is 32.1. The maximum absolute atomic E-state index is 13.9. The fraction of sp³-hybridized carbons (Fsp3) is 0.222. The lowest BCUT2D eigenvalue weighted by molar-refractivity contribution is 0.0741. The average Bonchev–Trinajstić information content (AvgIpc) is 3.19. The Balaban J connectivity index is 1.43. The van der Waals surface area contributed by atoms with Crippen molar-refractivity contribution < 1.29 is 9.18 Å². The highest BCUT2D eigenvalue weighted by Gasteiger charge is 2.25. The van der Waals surface area contributed by atoms with Crippen molar-refractivity contribution in [3.05, 3.63) is 59.7 Å². The van der Waals surface area contributed by atoms with Gasteiger partial charge in [-0.2, -0.15) is 0 Å². The van der Waals surface area contributed by atoms with E-state index in [0.29, 0.717) is 48.3 Å². The fourth-order valence-electron chi connectivity index (χ4n) is 2.92. The summed E-state index contributed by atoms with van der Waals surface area (Å²) in [5, 5.41) is 2.42. The number of benzene rings is 1. The van der Waals surface area contributed by atoms with Gasteiger partial charge in [0, 0.05) is 44.0 Å². The van der Waals surface area contributed by atoms with Crippen LogP contribution in [0.2, 0.25) is 0 Å². The highest BCUT2D eigenvalue weighted by Crippen LogP contribution is 2.23. The molecule has 1 fully saturated rings. The van der Waals surface area contributed by atoms with Crippen LogP contribution in [0.15, 0.2) is 48.2 Å². The van der Waals surface area contributed by atoms with Gasteiger partial charge in [0.2, 0.25) is 0 Å². The summed E-state index contributed by atoms with van der Waals surface area (Å²) in [6.45, 7) is 2.25. The Morgan fingerprint density at radius 1 is 1.12 bits per heavy atom. The predicted octanol–water partition coefficient (Wildman–Crippen LogP) is 2.70. The van der Waals surface area contributed by atoms with Gasteiger partial charge in [0.05, 0.1) is 11.9 Å². The molecule has 132 valence electrons. The number of piperazine rings is 1. The minimum atomic E-state index is -0.236. The normalized spacial score (nSPS) is 14.5. The zero-order chi connectivity index (χ0) is 17.9. The second-order valence-corrected chi connectivity index (χ2v) is 6.72. The SMILES string of the molecule is O=C(c1csc(-c2cnccn2)n1)N1CCN(c2ccccc2F)CC1. The Labute approximate surface area is 154 Å². The quantitative estimate of drug-likeness (QED) is 0.710. The van der Waals surface area contributed by atoms with Crippen molar-refractivity contribution in [2.45, 2.75) is 0 Å². The molecule has 1 aliphatic heterocycles. The summed E-state index contributed by atoms with van der Waals surface area (Å²) in [5.41, 5.74) is 1.65. The third-order valence-electron chi connectivity index (χ3n) is 4.27. The number of anilines is 1. The lowest BCUT2D eigenvalue weighted by Crippen LogP contribution is -2.49. The smallest absolute Gasteiger partial charge is 0.273 e. The Kier molecular flexibility index (Phi) is 4.57. The summed E-state index contributed by atoms with van der Waals surface area (Å²) in [6, 6.07) is 6.71. The van der Waals surface area contributed by atoms with Crippen LogP contribution in [0, 0.1) is 5.82 Å². The van der Waals surface area contributed by atoms with Crippen molar-refractivity contribution >= 4 is 22.9 Å². The summed E-state index contributed by atoms with van der Waals surface area (Å²) in [5.74, 6) is -0.343. The molecule has 0 N–H and O–H groups in total. The van der Waals surface area contributed by atoms with Gasteiger partial charge < -0.3 is 9.80 Å². The minimum absolute atomic E-state index is 0.107. The molecule has 0 atom stereocenters. The molecule has 1 aromatic carbocycles. The number of carbonyl (C=O) groups excluding carboxylic acids is 1. The van der Waals surface area contributed by atoms with Gasteiger partial charge in [-0.1, -0.05) is 12.1 Å². The average molecular weight is 369 g/mol. The number of hydrogen-bond donors (Lipinski definition) is 0. The maximum atomic E-state index is 13.9. The molecule has 1 saturated heterocycles. The van der Waals surface area contributed by atoms with E-state index < -0.39 is 0 Å². The summed E-state index contributed by atoms with van der Waals surface area (Å²) >= 11 is 1.37. The lowest BCUT2D eigenvalue weighted by atomic mass is 10.2. The van der Waals surface area contributed by atoms with E-state index in [2.05, 4.69) is 15.0 Å². The van der Waals surface area contributed by atoms with E-state index >= 15 is 0 Å². The molecular weight excluding hydrogens is 353 g/mol. The third-order valence-corrected chi connectivity index (χ3v) is 5.13. The Bertz CT molecular complexity index is 909. The van der Waals surface area contributed by atoms with Crippen molar-refractivity contribution in [2.75, 3.05) is 31.1 Å². The van der Waals surface area contributed by atoms with Crippen LogP contribution in [-0.2, 0) is 0 Å².